The van der Waals surface area contributed by atoms with Crippen LogP contribution in [0.2, 0.25) is 0 Å². The van der Waals surface area contributed by atoms with Gasteiger partial charge in [-0.2, -0.15) is 0 Å². The molecule has 5 heteroatoms. The zero-order chi connectivity index (χ0) is 16.7. The van der Waals surface area contributed by atoms with E-state index in [-0.39, 0.29) is 11.7 Å². The predicted octanol–water partition coefficient (Wildman–Crippen LogP) is 2.58. The van der Waals surface area contributed by atoms with Crippen molar-refractivity contribution in [3.05, 3.63) is 53.6 Å². The van der Waals surface area contributed by atoms with E-state index in [2.05, 4.69) is 0 Å². The van der Waals surface area contributed by atoms with Crippen molar-refractivity contribution in [3.63, 3.8) is 0 Å². The number of benzene rings is 1. The van der Waals surface area contributed by atoms with Crippen molar-refractivity contribution in [1.29, 1.82) is 0 Å². The molecule has 0 saturated carbocycles. The van der Waals surface area contributed by atoms with Gasteiger partial charge in [0.2, 0.25) is 0 Å². The first-order valence-corrected chi connectivity index (χ1v) is 6.97. The van der Waals surface area contributed by atoms with Crippen LogP contribution in [0.25, 0.3) is 0 Å². The van der Waals surface area contributed by atoms with Crippen molar-refractivity contribution >= 4 is 17.4 Å². The Balaban J connectivity index is 2.79. The van der Waals surface area contributed by atoms with E-state index >= 15 is 0 Å². The van der Waals surface area contributed by atoms with E-state index in [9.17, 15) is 9.59 Å². The summed E-state index contributed by atoms with van der Waals surface area (Å²) in [5.41, 5.74) is 3.97. The monoisotopic (exact) mass is 302 g/mol. The van der Waals surface area contributed by atoms with Gasteiger partial charge in [-0.25, -0.2) is 5.48 Å². The smallest absolute Gasteiger partial charge is 0.267 e. The molecule has 0 aliphatic rings. The van der Waals surface area contributed by atoms with Crippen molar-refractivity contribution in [2.45, 2.75) is 13.8 Å². The number of rotatable bonds is 6. The fraction of sp³-hybridized carbons (Fsp3) is 0.294. The molecule has 22 heavy (non-hydrogen) atoms. The standard InChI is InChI=1S/C17H22N2O3/c1-12(5-10-16(20)18-22)11-13(2)17(21)14-6-8-15(9-7-14)19(3)4/h5-11,13,22H,1-4H3,(H,18,20)/b10-5?,12-11+. The average Bonchev–Trinajstić information content (AvgIpc) is 2.51. The number of carbonyl (C=O) groups is 2. The molecular weight excluding hydrogens is 280 g/mol. The minimum Gasteiger partial charge on any atom is -0.378 e. The van der Waals surface area contributed by atoms with Crippen LogP contribution in [0.15, 0.2) is 48.1 Å². The second kappa shape index (κ2) is 8.14. The third-order valence-corrected chi connectivity index (χ3v) is 3.20. The van der Waals surface area contributed by atoms with Crippen LogP contribution < -0.4 is 10.4 Å². The van der Waals surface area contributed by atoms with E-state index in [0.29, 0.717) is 5.56 Å². The molecule has 0 fully saturated rings. The molecule has 1 unspecified atom stereocenters. The lowest BCUT2D eigenvalue weighted by molar-refractivity contribution is -0.124. The number of allylic oxidation sites excluding steroid dienone is 3. The maximum Gasteiger partial charge on any atom is 0.267 e. The number of amides is 1. The summed E-state index contributed by atoms with van der Waals surface area (Å²) in [5, 5.41) is 8.40. The van der Waals surface area contributed by atoms with Gasteiger partial charge in [-0.15, -0.1) is 0 Å². The third kappa shape index (κ3) is 5.18. The van der Waals surface area contributed by atoms with Gasteiger partial charge in [0, 0.05) is 37.3 Å². The first kappa shape index (κ1) is 17.7. The van der Waals surface area contributed by atoms with Gasteiger partial charge in [0.25, 0.3) is 5.91 Å². The molecule has 1 aromatic carbocycles. The predicted molar refractivity (Wildman–Crippen MR) is 87.1 cm³/mol. The summed E-state index contributed by atoms with van der Waals surface area (Å²) >= 11 is 0. The molecule has 1 aromatic rings. The zero-order valence-corrected chi connectivity index (χ0v) is 13.3. The summed E-state index contributed by atoms with van der Waals surface area (Å²) in [6.45, 7) is 3.60. The molecule has 0 spiro atoms. The molecule has 1 atom stereocenters. The van der Waals surface area contributed by atoms with Gasteiger partial charge in [-0.1, -0.05) is 24.6 Å². The number of anilines is 1. The normalized spacial score (nSPS) is 13.0. The zero-order valence-electron chi connectivity index (χ0n) is 13.3. The Kier molecular flexibility index (Phi) is 6.53. The van der Waals surface area contributed by atoms with E-state index in [1.54, 1.807) is 19.1 Å². The quantitative estimate of drug-likeness (QED) is 0.279. The summed E-state index contributed by atoms with van der Waals surface area (Å²) in [4.78, 5) is 25.2. The lowest BCUT2D eigenvalue weighted by atomic mass is 9.97. The molecule has 1 amide bonds. The fourth-order valence-corrected chi connectivity index (χ4v) is 1.96. The number of hydrogen-bond acceptors (Lipinski definition) is 4. The van der Waals surface area contributed by atoms with Crippen molar-refractivity contribution in [2.24, 2.45) is 5.92 Å². The molecule has 0 heterocycles. The lowest BCUT2D eigenvalue weighted by Gasteiger charge is -2.13. The molecule has 0 aromatic heterocycles. The van der Waals surface area contributed by atoms with Crippen LogP contribution in [0.1, 0.15) is 24.2 Å². The van der Waals surface area contributed by atoms with Crippen LogP contribution in [0, 0.1) is 5.92 Å². The summed E-state index contributed by atoms with van der Waals surface area (Å²) in [7, 11) is 3.89. The Morgan fingerprint density at radius 2 is 1.77 bits per heavy atom. The molecule has 2 N–H and O–H groups in total. The lowest BCUT2D eigenvalue weighted by Crippen LogP contribution is -2.15. The summed E-state index contributed by atoms with van der Waals surface area (Å²) < 4.78 is 0. The van der Waals surface area contributed by atoms with Crippen LogP contribution in [0.5, 0.6) is 0 Å². The highest BCUT2D eigenvalue weighted by atomic mass is 16.5. The van der Waals surface area contributed by atoms with E-state index < -0.39 is 5.91 Å². The highest BCUT2D eigenvalue weighted by molar-refractivity contribution is 5.99. The summed E-state index contributed by atoms with van der Waals surface area (Å²) in [6, 6.07) is 7.43. The van der Waals surface area contributed by atoms with Gasteiger partial charge in [-0.3, -0.25) is 14.8 Å². The summed E-state index contributed by atoms with van der Waals surface area (Å²) in [6.07, 6.45) is 4.53. The van der Waals surface area contributed by atoms with Gasteiger partial charge in [0.1, 0.15) is 0 Å². The van der Waals surface area contributed by atoms with Crippen molar-refractivity contribution in [2.75, 3.05) is 19.0 Å². The number of hydroxylamine groups is 1. The van der Waals surface area contributed by atoms with Crippen molar-refractivity contribution in [3.8, 4) is 0 Å². The Bertz CT molecular complexity index is 586. The molecular formula is C17H22N2O3. The van der Waals surface area contributed by atoms with E-state index in [4.69, 9.17) is 5.21 Å². The topological polar surface area (TPSA) is 69.6 Å². The van der Waals surface area contributed by atoms with Gasteiger partial charge in [0.15, 0.2) is 5.78 Å². The Labute approximate surface area is 130 Å². The molecule has 0 saturated heterocycles. The minimum absolute atomic E-state index is 0.0182. The summed E-state index contributed by atoms with van der Waals surface area (Å²) in [5.74, 6) is -0.886. The van der Waals surface area contributed by atoms with Crippen LogP contribution in [0.3, 0.4) is 0 Å². The molecule has 0 aliphatic heterocycles. The van der Waals surface area contributed by atoms with Crippen LogP contribution >= 0.6 is 0 Å². The number of nitrogens with one attached hydrogen (secondary N) is 1. The number of carbonyl (C=O) groups excluding carboxylic acids is 2. The molecule has 5 nitrogen and oxygen atoms in total. The first-order valence-electron chi connectivity index (χ1n) is 6.97. The Morgan fingerprint density at radius 1 is 1.18 bits per heavy atom. The van der Waals surface area contributed by atoms with Gasteiger partial charge >= 0.3 is 0 Å². The molecule has 0 radical (unpaired) electrons. The van der Waals surface area contributed by atoms with Crippen molar-refractivity contribution < 1.29 is 14.8 Å². The fourth-order valence-electron chi connectivity index (χ4n) is 1.96. The van der Waals surface area contributed by atoms with E-state index in [0.717, 1.165) is 11.3 Å². The van der Waals surface area contributed by atoms with E-state index in [1.807, 2.05) is 50.2 Å². The minimum atomic E-state index is -0.606. The van der Waals surface area contributed by atoms with Gasteiger partial charge in [-0.05, 0) is 31.2 Å². The van der Waals surface area contributed by atoms with E-state index in [1.165, 1.54) is 11.6 Å². The SMILES string of the molecule is C/C(C=CC(=O)NO)=C\C(C)C(=O)c1ccc(N(C)C)cc1. The number of hydrogen-bond donors (Lipinski definition) is 2. The maximum absolute atomic E-state index is 12.4. The molecule has 1 rings (SSSR count). The average molecular weight is 302 g/mol. The Hall–Kier alpha value is -2.40. The Morgan fingerprint density at radius 3 is 2.27 bits per heavy atom. The number of ketones is 1. The van der Waals surface area contributed by atoms with Crippen LogP contribution in [-0.2, 0) is 4.79 Å². The second-order valence-corrected chi connectivity index (χ2v) is 5.31. The third-order valence-electron chi connectivity index (χ3n) is 3.20. The number of Topliss-reactive ketones (excluding diaryl/α,β-unsaturated/α-hetero) is 1. The van der Waals surface area contributed by atoms with Crippen molar-refractivity contribution in [1.82, 2.24) is 5.48 Å². The molecule has 0 aliphatic carbocycles. The number of nitrogens with zero attached hydrogens (tertiary/aromatic N) is 1. The molecule has 118 valence electrons. The van der Waals surface area contributed by atoms with Crippen LogP contribution in [-0.4, -0.2) is 31.0 Å². The molecule has 0 bridgehead atoms. The largest absolute Gasteiger partial charge is 0.378 e. The second-order valence-electron chi connectivity index (χ2n) is 5.31. The maximum atomic E-state index is 12.4. The highest BCUT2D eigenvalue weighted by Crippen LogP contribution is 2.17. The highest BCUT2D eigenvalue weighted by Gasteiger charge is 2.13. The van der Waals surface area contributed by atoms with Gasteiger partial charge < -0.3 is 4.90 Å². The first-order chi connectivity index (χ1) is 10.3. The van der Waals surface area contributed by atoms with Crippen LogP contribution in [0.4, 0.5) is 5.69 Å². The van der Waals surface area contributed by atoms with Gasteiger partial charge in [0.05, 0.1) is 0 Å².